The van der Waals surface area contributed by atoms with Crippen LogP contribution in [0.3, 0.4) is 0 Å². The molecule has 1 aliphatic heterocycles. The molecule has 0 unspecified atom stereocenters. The average molecular weight is 1090 g/mol. The largest absolute Gasteiger partial charge is 0.444 e. The summed E-state index contributed by atoms with van der Waals surface area (Å²) < 4.78 is 17.7. The molecule has 2 N–H and O–H groups in total. The van der Waals surface area contributed by atoms with Gasteiger partial charge in [-0.3, -0.25) is 28.9 Å². The van der Waals surface area contributed by atoms with Gasteiger partial charge >= 0.3 is 6.09 Å². The van der Waals surface area contributed by atoms with E-state index in [2.05, 4.69) is 10.6 Å². The van der Waals surface area contributed by atoms with Crippen LogP contribution >= 0.6 is 32.9 Å². The summed E-state index contributed by atoms with van der Waals surface area (Å²) in [6.45, 7) is 20.7. The number of ether oxygens (including phenoxy) is 3. The second kappa shape index (κ2) is 30.7. The molecule has 9 atom stereocenters. The number of hydrogen-bond donors (Lipinski definition) is 2. The van der Waals surface area contributed by atoms with Gasteiger partial charge in [0, 0.05) is 71.9 Å². The number of methoxy groups -OCH3 is 2. The van der Waals surface area contributed by atoms with Gasteiger partial charge in [-0.15, -0.1) is 11.3 Å². The van der Waals surface area contributed by atoms with E-state index in [0.717, 1.165) is 18.4 Å². The van der Waals surface area contributed by atoms with Crippen molar-refractivity contribution in [3.05, 3.63) is 52.0 Å². The Balaban J connectivity index is 1.75. The van der Waals surface area contributed by atoms with Gasteiger partial charge in [0.15, 0.2) is 0 Å². The van der Waals surface area contributed by atoms with E-state index in [1.54, 1.807) is 77.0 Å². The second-order valence-corrected chi connectivity index (χ2v) is 25.2. The van der Waals surface area contributed by atoms with Crippen molar-refractivity contribution in [3.63, 3.8) is 0 Å². The molecule has 1 aromatic carbocycles. The van der Waals surface area contributed by atoms with Crippen LogP contribution in [0.5, 0.6) is 0 Å². The van der Waals surface area contributed by atoms with Gasteiger partial charge in [0.25, 0.3) is 5.91 Å². The van der Waals surface area contributed by atoms with E-state index in [0.29, 0.717) is 54.7 Å². The molecule has 0 spiro atoms. The third-order valence-electron chi connectivity index (χ3n) is 13.7. The first-order chi connectivity index (χ1) is 34.8. The van der Waals surface area contributed by atoms with E-state index in [9.17, 15) is 28.8 Å². The minimum Gasteiger partial charge on any atom is -0.444 e. The molecular formula is C54H90N8O9S3. The van der Waals surface area contributed by atoms with Crippen LogP contribution in [-0.4, -0.2) is 188 Å². The number of likely N-dealkylation sites (tertiary alicyclic amines) is 1. The number of rotatable bonds is 29. The van der Waals surface area contributed by atoms with Crippen LogP contribution in [-0.2, 0) is 39.8 Å². The Morgan fingerprint density at radius 2 is 1.47 bits per heavy atom. The number of thiazole rings is 1. The molecule has 1 aromatic heterocycles. The zero-order valence-electron chi connectivity index (χ0n) is 47.5. The molecule has 1 saturated heterocycles. The topological polar surface area (TPSA) is 183 Å². The number of carbonyl (C=O) groups excluding carboxylic acids is 6. The Kier molecular flexibility index (Phi) is 26.7. The quantitative estimate of drug-likeness (QED) is 0.0604. The van der Waals surface area contributed by atoms with Crippen molar-refractivity contribution in [2.75, 3.05) is 80.6 Å². The molecule has 0 bridgehead atoms. The summed E-state index contributed by atoms with van der Waals surface area (Å²) in [5, 5.41) is 8.63. The maximum atomic E-state index is 14.6. The predicted octanol–water partition coefficient (Wildman–Crippen LogP) is 7.51. The van der Waals surface area contributed by atoms with Gasteiger partial charge in [-0.2, -0.15) is 0 Å². The number of amides is 6. The fourth-order valence-corrected chi connectivity index (χ4v) is 12.4. The van der Waals surface area contributed by atoms with Crippen molar-refractivity contribution in [3.8, 4) is 0 Å². The molecule has 0 saturated carbocycles. The first kappa shape index (κ1) is 64.3. The summed E-state index contributed by atoms with van der Waals surface area (Å²) in [6.07, 6.45) is 0.839. The Morgan fingerprint density at radius 1 is 0.851 bits per heavy atom. The summed E-state index contributed by atoms with van der Waals surface area (Å²) in [5.41, 5.74) is 0.726. The smallest absolute Gasteiger partial charge is 0.410 e. The monoisotopic (exact) mass is 1090 g/mol. The Morgan fingerprint density at radius 3 is 2.01 bits per heavy atom. The van der Waals surface area contributed by atoms with E-state index in [1.807, 2.05) is 123 Å². The maximum absolute atomic E-state index is 14.6. The number of hydrogen-bond acceptors (Lipinski definition) is 14. The zero-order valence-corrected chi connectivity index (χ0v) is 49.9. The third-order valence-corrected chi connectivity index (χ3v) is 17.1. The lowest BCUT2D eigenvalue weighted by molar-refractivity contribution is -0.148. The van der Waals surface area contributed by atoms with Crippen LogP contribution < -0.4 is 10.6 Å². The highest BCUT2D eigenvalue weighted by molar-refractivity contribution is 8.76. The molecule has 418 valence electrons. The second-order valence-electron chi connectivity index (χ2n) is 21.6. The molecule has 74 heavy (non-hydrogen) atoms. The predicted molar refractivity (Wildman–Crippen MR) is 299 cm³/mol. The summed E-state index contributed by atoms with van der Waals surface area (Å²) in [6, 6.07) is 7.15. The van der Waals surface area contributed by atoms with Gasteiger partial charge < -0.3 is 44.4 Å². The van der Waals surface area contributed by atoms with Gasteiger partial charge in [0.2, 0.25) is 23.6 Å². The fraction of sp³-hybridized carbons (Fsp3) is 0.722. The summed E-state index contributed by atoms with van der Waals surface area (Å²) in [7, 11) is 15.3. The van der Waals surface area contributed by atoms with Crippen LogP contribution in [0.15, 0.2) is 35.7 Å². The van der Waals surface area contributed by atoms with Crippen molar-refractivity contribution in [1.82, 2.24) is 40.1 Å². The number of carbonyl (C=O) groups is 6. The Bertz CT molecular complexity index is 2080. The molecule has 3 rings (SSSR count). The first-order valence-corrected chi connectivity index (χ1v) is 29.5. The molecule has 2 heterocycles. The highest BCUT2D eigenvalue weighted by atomic mass is 33.1. The van der Waals surface area contributed by atoms with Gasteiger partial charge in [0.05, 0.1) is 48.7 Å². The van der Waals surface area contributed by atoms with Crippen molar-refractivity contribution in [1.29, 1.82) is 0 Å². The van der Waals surface area contributed by atoms with E-state index in [-0.39, 0.29) is 59.8 Å². The molecule has 1 aliphatic rings. The number of nitrogens with zero attached hydrogens (tertiary/aromatic N) is 6. The molecule has 17 nitrogen and oxygen atoms in total. The van der Waals surface area contributed by atoms with Gasteiger partial charge in [0.1, 0.15) is 22.3 Å². The lowest BCUT2D eigenvalue weighted by atomic mass is 9.89. The summed E-state index contributed by atoms with van der Waals surface area (Å²) in [4.78, 5) is 96.2. The highest BCUT2D eigenvalue weighted by Crippen LogP contribution is 2.31. The van der Waals surface area contributed by atoms with Crippen LogP contribution in [0, 0.1) is 23.7 Å². The van der Waals surface area contributed by atoms with Crippen molar-refractivity contribution in [2.45, 2.75) is 149 Å². The first-order valence-electron chi connectivity index (χ1n) is 26.1. The van der Waals surface area contributed by atoms with E-state index in [4.69, 9.17) is 19.2 Å². The average Bonchev–Trinajstić information content (AvgIpc) is 4.04. The van der Waals surface area contributed by atoms with E-state index >= 15 is 0 Å². The summed E-state index contributed by atoms with van der Waals surface area (Å²) >= 11 is 1.32. The SMILES string of the molecule is CC[C@H](C)[C@@H]([C@@H](CC(=O)N1CCC[C@H]1[C@H](OC)[C@@H](C)C(=O)N[C@@H](Cc1ccccc1)c1nc(C(=O)N(C)CCSSCCN(C)C(=O)OC(C)(C)C)cs1)OC)N(C)C(=O)[C@@H](NC(=O)[C@H](C(C)C)N(C)C)C(C)C. The molecule has 20 heteroatoms. The van der Waals surface area contributed by atoms with Crippen molar-refractivity contribution in [2.24, 2.45) is 23.7 Å². The highest BCUT2D eigenvalue weighted by Gasteiger charge is 2.43. The minimum absolute atomic E-state index is 0.00215. The Labute approximate surface area is 455 Å². The van der Waals surface area contributed by atoms with Crippen molar-refractivity contribution < 1.29 is 43.0 Å². The standard InChI is InChI=1S/C54H90N8O9S3/c1-18-36(6)46(61(15)52(67)44(34(2)3)57-49(65)45(35(4)5)58(11)12)42(69-16)32-43(63)62-26-22-25-41(62)47(70-17)37(7)48(64)55-39(31-38-23-20-19-21-24-38)50-56-40(33-72-50)51(66)59(13)27-29-73-74-30-28-60(14)53(68)71-54(8,9)10/h19-21,23-24,33-37,39,41-42,44-47H,18,22,25-32H2,1-17H3,(H,55,64)(H,57,65)/t36-,37+,39-,41-,42+,44-,45-,46-,47+/m0/s1. The maximum Gasteiger partial charge on any atom is 0.410 e. The molecule has 0 aliphatic carbocycles. The van der Waals surface area contributed by atoms with E-state index < -0.39 is 53.9 Å². The van der Waals surface area contributed by atoms with Gasteiger partial charge in [-0.05, 0) is 77.4 Å². The number of likely N-dealkylation sites (N-methyl/N-ethyl adjacent to an activating group) is 2. The lowest BCUT2D eigenvalue weighted by Crippen LogP contribution is -2.59. The molecule has 6 amide bonds. The number of benzene rings is 1. The normalized spacial score (nSPS) is 17.2. The van der Waals surface area contributed by atoms with Crippen LogP contribution in [0.25, 0.3) is 0 Å². The van der Waals surface area contributed by atoms with Gasteiger partial charge in [-0.25, -0.2) is 9.78 Å². The van der Waals surface area contributed by atoms with Crippen LogP contribution in [0.2, 0.25) is 0 Å². The molecule has 1 fully saturated rings. The van der Waals surface area contributed by atoms with Crippen LogP contribution in [0.1, 0.15) is 122 Å². The molecule has 2 aromatic rings. The fourth-order valence-electron chi connectivity index (χ4n) is 9.50. The summed E-state index contributed by atoms with van der Waals surface area (Å²) in [5.74, 6) is -0.630. The van der Waals surface area contributed by atoms with Crippen LogP contribution in [0.4, 0.5) is 4.79 Å². The molecular weight excluding hydrogens is 1000 g/mol. The third kappa shape index (κ3) is 19.0. The van der Waals surface area contributed by atoms with Gasteiger partial charge in [-0.1, -0.05) is 107 Å². The van der Waals surface area contributed by atoms with Crippen molar-refractivity contribution >= 4 is 68.6 Å². The lowest BCUT2D eigenvalue weighted by Gasteiger charge is -2.41. The zero-order chi connectivity index (χ0) is 55.6. The Hall–Kier alpha value is -3.95. The molecule has 0 radical (unpaired) electrons. The van der Waals surface area contributed by atoms with E-state index in [1.165, 1.54) is 11.3 Å². The number of nitrogens with one attached hydrogen (secondary N) is 2. The number of aromatic nitrogens is 1. The minimum atomic E-state index is -0.787.